The van der Waals surface area contributed by atoms with E-state index >= 15 is 0 Å². The Balaban J connectivity index is 1.92. The normalized spacial score (nSPS) is 11.0. The molecule has 2 aromatic carbocycles. The van der Waals surface area contributed by atoms with E-state index < -0.39 is 5.91 Å². The van der Waals surface area contributed by atoms with Gasteiger partial charge in [-0.1, -0.05) is 41.9 Å². The first kappa shape index (κ1) is 20.2. The van der Waals surface area contributed by atoms with Gasteiger partial charge in [0.15, 0.2) is 0 Å². The number of nitrogens with zero attached hydrogens (tertiary/aromatic N) is 3. The average Bonchev–Trinajstić information content (AvgIpc) is 3.02. The summed E-state index contributed by atoms with van der Waals surface area (Å²) in [6, 6.07) is 18.4. The minimum atomic E-state index is -0.553. The Kier molecular flexibility index (Phi) is 6.32. The van der Waals surface area contributed by atoms with Gasteiger partial charge in [-0.15, -0.1) is 0 Å². The molecule has 0 aliphatic heterocycles. The van der Waals surface area contributed by atoms with E-state index in [1.165, 1.54) is 6.08 Å². The van der Waals surface area contributed by atoms with Crippen molar-refractivity contribution < 1.29 is 9.53 Å². The van der Waals surface area contributed by atoms with Gasteiger partial charge in [0.2, 0.25) is 0 Å². The van der Waals surface area contributed by atoms with Crippen LogP contribution in [0.5, 0.6) is 5.75 Å². The van der Waals surface area contributed by atoms with E-state index in [0.29, 0.717) is 34.5 Å². The second-order valence-corrected chi connectivity index (χ2v) is 6.45. The number of rotatable bonds is 6. The van der Waals surface area contributed by atoms with Crippen molar-refractivity contribution in [3.05, 3.63) is 76.6 Å². The quantitative estimate of drug-likeness (QED) is 0.472. The molecule has 29 heavy (non-hydrogen) atoms. The number of anilines is 1. The molecular formula is C22H19ClN4O2. The average molecular weight is 407 g/mol. The van der Waals surface area contributed by atoms with E-state index in [-0.39, 0.29) is 5.57 Å². The second kappa shape index (κ2) is 9.09. The van der Waals surface area contributed by atoms with Gasteiger partial charge in [0.1, 0.15) is 22.5 Å². The van der Waals surface area contributed by atoms with Gasteiger partial charge in [-0.25, -0.2) is 4.68 Å². The Bertz CT molecular complexity index is 1100. The molecule has 1 N–H and O–H groups in total. The highest BCUT2D eigenvalue weighted by atomic mass is 35.5. The fraction of sp³-hybridized carbons (Fsp3) is 0.136. The zero-order valence-corrected chi connectivity index (χ0v) is 16.8. The molecule has 0 spiro atoms. The number of para-hydroxylation sites is 3. The number of hydrogen-bond acceptors (Lipinski definition) is 4. The van der Waals surface area contributed by atoms with Crippen molar-refractivity contribution in [1.29, 1.82) is 5.26 Å². The smallest absolute Gasteiger partial charge is 0.266 e. The third-order valence-electron chi connectivity index (χ3n) is 4.14. The van der Waals surface area contributed by atoms with E-state index in [0.717, 1.165) is 5.69 Å². The van der Waals surface area contributed by atoms with Crippen molar-refractivity contribution >= 4 is 29.3 Å². The Morgan fingerprint density at radius 3 is 2.62 bits per heavy atom. The molecule has 146 valence electrons. The van der Waals surface area contributed by atoms with Crippen molar-refractivity contribution in [2.45, 2.75) is 13.8 Å². The minimum absolute atomic E-state index is 0.0890. The van der Waals surface area contributed by atoms with Crippen LogP contribution in [0.15, 0.2) is 60.2 Å². The van der Waals surface area contributed by atoms with Crippen molar-refractivity contribution in [3.8, 4) is 17.5 Å². The number of nitriles is 1. The number of halogens is 1. The number of aryl methyl sites for hydroxylation is 1. The van der Waals surface area contributed by atoms with E-state index in [4.69, 9.17) is 16.3 Å². The minimum Gasteiger partial charge on any atom is -0.492 e. The third kappa shape index (κ3) is 4.48. The van der Waals surface area contributed by atoms with Crippen LogP contribution >= 0.6 is 11.6 Å². The predicted molar refractivity (Wildman–Crippen MR) is 113 cm³/mol. The zero-order chi connectivity index (χ0) is 20.8. The van der Waals surface area contributed by atoms with Crippen molar-refractivity contribution in [3.63, 3.8) is 0 Å². The van der Waals surface area contributed by atoms with Crippen molar-refractivity contribution in [2.75, 3.05) is 11.9 Å². The summed E-state index contributed by atoms with van der Waals surface area (Å²) in [7, 11) is 0. The summed E-state index contributed by atoms with van der Waals surface area (Å²) < 4.78 is 7.08. The molecule has 0 atom stereocenters. The monoisotopic (exact) mass is 406 g/mol. The lowest BCUT2D eigenvalue weighted by Gasteiger charge is -2.10. The summed E-state index contributed by atoms with van der Waals surface area (Å²) in [6.07, 6.45) is 1.45. The van der Waals surface area contributed by atoms with E-state index in [1.807, 2.05) is 49.4 Å². The molecule has 1 heterocycles. The van der Waals surface area contributed by atoms with Gasteiger partial charge >= 0.3 is 0 Å². The number of aromatic nitrogens is 2. The highest BCUT2D eigenvalue weighted by molar-refractivity contribution is 6.31. The molecule has 0 unspecified atom stereocenters. The van der Waals surface area contributed by atoms with Crippen LogP contribution in [0.1, 0.15) is 18.2 Å². The Morgan fingerprint density at radius 1 is 1.24 bits per heavy atom. The summed E-state index contributed by atoms with van der Waals surface area (Å²) in [6.45, 7) is 4.09. The van der Waals surface area contributed by atoms with Gasteiger partial charge in [0, 0.05) is 5.56 Å². The van der Waals surface area contributed by atoms with Crippen LogP contribution in [0.2, 0.25) is 5.15 Å². The summed E-state index contributed by atoms with van der Waals surface area (Å²) >= 11 is 6.49. The molecule has 0 radical (unpaired) electrons. The summed E-state index contributed by atoms with van der Waals surface area (Å²) in [5, 5.41) is 17.0. The maximum absolute atomic E-state index is 12.7. The number of carbonyl (C=O) groups excluding carboxylic acids is 1. The van der Waals surface area contributed by atoms with Gasteiger partial charge in [-0.2, -0.15) is 10.4 Å². The third-order valence-corrected chi connectivity index (χ3v) is 4.50. The molecule has 0 aliphatic carbocycles. The Labute approximate surface area is 174 Å². The number of nitrogens with one attached hydrogen (secondary N) is 1. The first-order valence-corrected chi connectivity index (χ1v) is 9.38. The first-order chi connectivity index (χ1) is 14.0. The fourth-order valence-electron chi connectivity index (χ4n) is 2.75. The molecule has 1 aromatic heterocycles. The molecule has 0 bridgehead atoms. The number of ether oxygens (including phenoxy) is 1. The largest absolute Gasteiger partial charge is 0.492 e. The van der Waals surface area contributed by atoms with Gasteiger partial charge in [-0.05, 0) is 44.2 Å². The van der Waals surface area contributed by atoms with Crippen molar-refractivity contribution in [2.24, 2.45) is 0 Å². The van der Waals surface area contributed by atoms with E-state index in [2.05, 4.69) is 10.4 Å². The number of amides is 1. The van der Waals surface area contributed by atoms with Gasteiger partial charge in [0.25, 0.3) is 5.91 Å². The van der Waals surface area contributed by atoms with Crippen LogP contribution in [0, 0.1) is 18.3 Å². The zero-order valence-electron chi connectivity index (χ0n) is 16.0. The summed E-state index contributed by atoms with van der Waals surface area (Å²) in [5.41, 5.74) is 2.31. The van der Waals surface area contributed by atoms with Crippen LogP contribution in [-0.4, -0.2) is 22.3 Å². The van der Waals surface area contributed by atoms with E-state index in [9.17, 15) is 10.1 Å². The lowest BCUT2D eigenvalue weighted by molar-refractivity contribution is -0.112. The molecule has 1 amide bonds. The van der Waals surface area contributed by atoms with Crippen LogP contribution in [-0.2, 0) is 4.79 Å². The molecule has 3 rings (SSSR count). The highest BCUT2D eigenvalue weighted by Crippen LogP contribution is 2.27. The Morgan fingerprint density at radius 2 is 1.93 bits per heavy atom. The Hall–Kier alpha value is -3.56. The molecule has 0 fully saturated rings. The summed E-state index contributed by atoms with van der Waals surface area (Å²) in [4.78, 5) is 12.7. The molecule has 7 heteroatoms. The fourth-order valence-corrected chi connectivity index (χ4v) is 3.08. The maximum atomic E-state index is 12.7. The molecule has 6 nitrogen and oxygen atoms in total. The lowest BCUT2D eigenvalue weighted by atomic mass is 10.1. The maximum Gasteiger partial charge on any atom is 0.266 e. The number of hydrogen-bond donors (Lipinski definition) is 1. The van der Waals surface area contributed by atoms with Gasteiger partial charge in [0.05, 0.1) is 23.7 Å². The van der Waals surface area contributed by atoms with E-state index in [1.54, 1.807) is 29.8 Å². The highest BCUT2D eigenvalue weighted by Gasteiger charge is 2.17. The van der Waals surface area contributed by atoms with Crippen LogP contribution < -0.4 is 10.1 Å². The van der Waals surface area contributed by atoms with Gasteiger partial charge < -0.3 is 10.1 Å². The molecule has 0 aliphatic rings. The SMILES string of the molecule is CCOc1ccccc1NC(=O)/C(C#N)=C/c1c(C)nn(-c2ccccc2)c1Cl. The van der Waals surface area contributed by atoms with Crippen LogP contribution in [0.25, 0.3) is 11.8 Å². The standard InChI is InChI=1S/C22H19ClN4O2/c1-3-29-20-12-8-7-11-19(20)25-22(28)16(14-24)13-18-15(2)26-27(21(18)23)17-9-5-4-6-10-17/h4-13H,3H2,1-2H3,(H,25,28)/b16-13+. The van der Waals surface area contributed by atoms with Crippen LogP contribution in [0.4, 0.5) is 5.69 Å². The lowest BCUT2D eigenvalue weighted by Crippen LogP contribution is -2.14. The van der Waals surface area contributed by atoms with Gasteiger partial charge in [-0.3, -0.25) is 4.79 Å². The molecule has 3 aromatic rings. The van der Waals surface area contributed by atoms with Crippen LogP contribution in [0.3, 0.4) is 0 Å². The number of carbonyl (C=O) groups is 1. The molecular weight excluding hydrogens is 388 g/mol. The first-order valence-electron chi connectivity index (χ1n) is 9.00. The predicted octanol–water partition coefficient (Wildman–Crippen LogP) is 4.78. The molecule has 0 saturated heterocycles. The molecule has 0 saturated carbocycles. The summed E-state index contributed by atoms with van der Waals surface area (Å²) in [5.74, 6) is -0.0191. The second-order valence-electron chi connectivity index (χ2n) is 6.09. The number of benzene rings is 2. The topological polar surface area (TPSA) is 79.9 Å². The van der Waals surface area contributed by atoms with Crippen molar-refractivity contribution in [1.82, 2.24) is 9.78 Å².